The first-order valence-corrected chi connectivity index (χ1v) is 10.4. The van der Waals surface area contributed by atoms with E-state index in [2.05, 4.69) is 22.5 Å². The maximum atomic E-state index is 13.4. The monoisotopic (exact) mass is 407 g/mol. The van der Waals surface area contributed by atoms with Crippen molar-refractivity contribution in [2.45, 2.75) is 44.6 Å². The van der Waals surface area contributed by atoms with Crippen LogP contribution in [0.4, 0.5) is 4.39 Å². The second-order valence-corrected chi connectivity index (χ2v) is 9.69. The molecule has 152 valence electrons. The van der Waals surface area contributed by atoms with E-state index in [9.17, 15) is 14.0 Å². The molecule has 1 aromatic carbocycles. The van der Waals surface area contributed by atoms with Gasteiger partial charge in [0.15, 0.2) is 0 Å². The SMILES string of the molecule is CC1(NC(=O)CN2CC3(CC(CNC(=O)c4cc(F)cc(Cl)c4)C3)C2)CCC1. The summed E-state index contributed by atoms with van der Waals surface area (Å²) in [6, 6.07) is 3.85. The Morgan fingerprint density at radius 3 is 2.57 bits per heavy atom. The van der Waals surface area contributed by atoms with E-state index in [1.54, 1.807) is 0 Å². The molecule has 2 aliphatic carbocycles. The average molecular weight is 408 g/mol. The second-order valence-electron chi connectivity index (χ2n) is 9.25. The van der Waals surface area contributed by atoms with E-state index in [0.717, 1.165) is 38.8 Å². The van der Waals surface area contributed by atoms with Crippen molar-refractivity contribution in [2.24, 2.45) is 11.3 Å². The molecule has 5 nitrogen and oxygen atoms in total. The summed E-state index contributed by atoms with van der Waals surface area (Å²) in [5.74, 6) is -0.226. The Balaban J connectivity index is 1.15. The van der Waals surface area contributed by atoms with Crippen molar-refractivity contribution in [3.63, 3.8) is 0 Å². The van der Waals surface area contributed by atoms with Crippen LogP contribution in [0.3, 0.4) is 0 Å². The predicted molar refractivity (Wildman–Crippen MR) is 106 cm³/mol. The van der Waals surface area contributed by atoms with Gasteiger partial charge in [-0.25, -0.2) is 4.39 Å². The maximum absolute atomic E-state index is 13.4. The van der Waals surface area contributed by atoms with E-state index in [1.807, 2.05) is 0 Å². The van der Waals surface area contributed by atoms with E-state index in [-0.39, 0.29) is 27.9 Å². The first-order chi connectivity index (χ1) is 13.2. The fraction of sp³-hybridized carbons (Fsp3) is 0.619. The summed E-state index contributed by atoms with van der Waals surface area (Å²) in [4.78, 5) is 26.5. The Labute approximate surface area is 170 Å². The topological polar surface area (TPSA) is 61.4 Å². The number of halogens is 2. The number of carbonyl (C=O) groups excluding carboxylic acids is 2. The Morgan fingerprint density at radius 2 is 1.96 bits per heavy atom. The number of benzene rings is 1. The Morgan fingerprint density at radius 1 is 1.25 bits per heavy atom. The van der Waals surface area contributed by atoms with Crippen molar-refractivity contribution < 1.29 is 14.0 Å². The fourth-order valence-corrected chi connectivity index (χ4v) is 5.24. The van der Waals surface area contributed by atoms with Crippen LogP contribution in [0.25, 0.3) is 0 Å². The van der Waals surface area contributed by atoms with Crippen molar-refractivity contribution in [1.82, 2.24) is 15.5 Å². The molecular formula is C21H27ClFN3O2. The molecule has 28 heavy (non-hydrogen) atoms. The van der Waals surface area contributed by atoms with Crippen LogP contribution in [0.1, 0.15) is 49.4 Å². The molecule has 0 radical (unpaired) electrons. The van der Waals surface area contributed by atoms with E-state index in [4.69, 9.17) is 11.6 Å². The highest BCUT2D eigenvalue weighted by Gasteiger charge is 2.52. The van der Waals surface area contributed by atoms with Gasteiger partial charge in [0.2, 0.25) is 5.91 Å². The lowest BCUT2D eigenvalue weighted by molar-refractivity contribution is -0.134. The first kappa shape index (κ1) is 19.6. The summed E-state index contributed by atoms with van der Waals surface area (Å²) in [5.41, 5.74) is 0.587. The number of rotatable bonds is 6. The van der Waals surface area contributed by atoms with Gasteiger partial charge in [-0.1, -0.05) is 11.6 Å². The van der Waals surface area contributed by atoms with Gasteiger partial charge < -0.3 is 10.6 Å². The molecule has 0 bridgehead atoms. The molecule has 2 saturated carbocycles. The van der Waals surface area contributed by atoms with Gasteiger partial charge in [-0.15, -0.1) is 0 Å². The number of carbonyl (C=O) groups is 2. The number of likely N-dealkylation sites (tertiary alicyclic amines) is 1. The number of nitrogens with one attached hydrogen (secondary N) is 2. The van der Waals surface area contributed by atoms with Crippen molar-refractivity contribution in [2.75, 3.05) is 26.2 Å². The van der Waals surface area contributed by atoms with E-state index in [0.29, 0.717) is 24.4 Å². The fourth-order valence-electron chi connectivity index (χ4n) is 5.02. The van der Waals surface area contributed by atoms with Crippen molar-refractivity contribution >= 4 is 23.4 Å². The summed E-state index contributed by atoms with van der Waals surface area (Å²) >= 11 is 5.80. The number of hydrogen-bond donors (Lipinski definition) is 2. The zero-order valence-corrected chi connectivity index (χ0v) is 16.9. The van der Waals surface area contributed by atoms with Crippen LogP contribution >= 0.6 is 11.6 Å². The average Bonchev–Trinajstić information content (AvgIpc) is 2.52. The van der Waals surface area contributed by atoms with Crippen LogP contribution in [-0.4, -0.2) is 48.4 Å². The Bertz CT molecular complexity index is 762. The molecular weight excluding hydrogens is 381 g/mol. The van der Waals surface area contributed by atoms with Gasteiger partial charge in [0.25, 0.3) is 5.91 Å². The number of amides is 2. The highest BCUT2D eigenvalue weighted by molar-refractivity contribution is 6.31. The van der Waals surface area contributed by atoms with E-state index >= 15 is 0 Å². The van der Waals surface area contributed by atoms with Crippen molar-refractivity contribution in [1.29, 1.82) is 0 Å². The lowest BCUT2D eigenvalue weighted by Crippen LogP contribution is -2.65. The molecule has 3 fully saturated rings. The van der Waals surface area contributed by atoms with Crippen molar-refractivity contribution in [3.05, 3.63) is 34.6 Å². The molecule has 1 spiro atoms. The second kappa shape index (κ2) is 7.30. The molecule has 1 heterocycles. The quantitative estimate of drug-likeness (QED) is 0.762. The molecule has 4 rings (SSSR count). The molecule has 3 aliphatic rings. The van der Waals surface area contributed by atoms with Gasteiger partial charge >= 0.3 is 0 Å². The van der Waals surface area contributed by atoms with Gasteiger partial charge in [0.1, 0.15) is 5.82 Å². The van der Waals surface area contributed by atoms with Crippen molar-refractivity contribution in [3.8, 4) is 0 Å². The lowest BCUT2D eigenvalue weighted by atomic mass is 9.57. The first-order valence-electron chi connectivity index (χ1n) is 10.0. The Kier molecular flexibility index (Phi) is 5.12. The van der Waals surface area contributed by atoms with Gasteiger partial charge in [0.05, 0.1) is 6.54 Å². The minimum Gasteiger partial charge on any atom is -0.352 e. The highest BCUT2D eigenvalue weighted by Crippen LogP contribution is 2.51. The summed E-state index contributed by atoms with van der Waals surface area (Å²) < 4.78 is 13.4. The van der Waals surface area contributed by atoms with Gasteiger partial charge in [-0.05, 0) is 68.6 Å². The summed E-state index contributed by atoms with van der Waals surface area (Å²) in [5, 5.41) is 6.26. The highest BCUT2D eigenvalue weighted by atomic mass is 35.5. The maximum Gasteiger partial charge on any atom is 0.251 e. The molecule has 1 saturated heterocycles. The minimum atomic E-state index is -0.509. The minimum absolute atomic E-state index is 0.0192. The molecule has 7 heteroatoms. The zero-order valence-electron chi connectivity index (χ0n) is 16.2. The van der Waals surface area contributed by atoms with E-state index in [1.165, 1.54) is 24.6 Å². The lowest BCUT2D eigenvalue weighted by Gasteiger charge is -2.59. The molecule has 1 aliphatic heterocycles. The third-order valence-corrected chi connectivity index (χ3v) is 6.72. The zero-order chi connectivity index (χ0) is 19.9. The van der Waals surface area contributed by atoms with Crippen LogP contribution in [0.15, 0.2) is 18.2 Å². The summed E-state index contributed by atoms with van der Waals surface area (Å²) in [6.07, 6.45) is 5.49. The van der Waals surface area contributed by atoms with Gasteiger partial charge in [-0.2, -0.15) is 0 Å². The summed E-state index contributed by atoms with van der Waals surface area (Å²) in [7, 11) is 0. The van der Waals surface area contributed by atoms with Crippen LogP contribution < -0.4 is 10.6 Å². The number of hydrogen-bond acceptors (Lipinski definition) is 3. The third kappa shape index (κ3) is 4.18. The largest absolute Gasteiger partial charge is 0.352 e. The van der Waals surface area contributed by atoms with Gasteiger partial charge in [-0.3, -0.25) is 14.5 Å². The van der Waals surface area contributed by atoms with E-state index < -0.39 is 5.82 Å². The molecule has 1 aromatic rings. The third-order valence-electron chi connectivity index (χ3n) is 6.50. The molecule has 2 N–H and O–H groups in total. The normalized spacial score (nSPS) is 22.7. The summed E-state index contributed by atoms with van der Waals surface area (Å²) in [6.45, 7) is 5.11. The smallest absolute Gasteiger partial charge is 0.251 e. The van der Waals surface area contributed by atoms with Crippen LogP contribution in [0.5, 0.6) is 0 Å². The van der Waals surface area contributed by atoms with Crippen LogP contribution in [0.2, 0.25) is 5.02 Å². The Hall–Kier alpha value is -1.66. The molecule has 0 atom stereocenters. The molecule has 0 aromatic heterocycles. The van der Waals surface area contributed by atoms with Gasteiger partial charge in [0, 0.05) is 35.8 Å². The number of nitrogens with zero attached hydrogens (tertiary/aromatic N) is 1. The standard InChI is InChI=1S/C21H27ClFN3O2/c1-20(3-2-4-20)25-18(27)11-26-12-21(13-26)8-14(9-21)10-24-19(28)15-5-16(22)7-17(23)6-15/h5-7,14H,2-4,8-13H2,1H3,(H,24,28)(H,25,27). The molecule has 2 amide bonds. The van der Waals surface area contributed by atoms with Crippen LogP contribution in [0, 0.1) is 17.2 Å². The van der Waals surface area contributed by atoms with Crippen LogP contribution in [-0.2, 0) is 4.79 Å². The predicted octanol–water partition coefficient (Wildman–Crippen LogP) is 2.98. The molecule has 0 unspecified atom stereocenters.